The minimum absolute atomic E-state index is 0.0213. The molecule has 8 nitrogen and oxygen atoms in total. The van der Waals surface area contributed by atoms with Crippen LogP contribution in [0.5, 0.6) is 0 Å². The number of carboxylic acid groups (broad SMARTS) is 1. The van der Waals surface area contributed by atoms with Gasteiger partial charge >= 0.3 is 5.97 Å². The van der Waals surface area contributed by atoms with Crippen LogP contribution < -0.4 is 0 Å². The van der Waals surface area contributed by atoms with Crippen LogP contribution in [0.2, 0.25) is 0 Å². The lowest BCUT2D eigenvalue weighted by molar-refractivity contribution is -0.385. The molecule has 1 aliphatic rings. The number of carboxylic acids is 1. The second-order valence-corrected chi connectivity index (χ2v) is 8.84. The molecule has 0 radical (unpaired) electrons. The number of carbonyl (C=O) groups is 2. The van der Waals surface area contributed by atoms with Crippen LogP contribution >= 0.6 is 24.0 Å². The lowest BCUT2D eigenvalue weighted by atomic mass is 10.1. The maximum atomic E-state index is 13.0. The first-order valence-electron chi connectivity index (χ1n) is 9.66. The van der Waals surface area contributed by atoms with Crippen LogP contribution in [-0.2, 0) is 9.59 Å². The van der Waals surface area contributed by atoms with Gasteiger partial charge in [0.25, 0.3) is 11.6 Å². The molecule has 0 aliphatic carbocycles. The Labute approximate surface area is 197 Å². The minimum Gasteiger partial charge on any atom is -0.479 e. The number of benzene rings is 2. The number of nitro groups is 1. The normalized spacial score (nSPS) is 15.8. The van der Waals surface area contributed by atoms with E-state index in [0.717, 1.165) is 16.7 Å². The number of carbonyl (C=O) groups excluding carboxylic acids is 1. The summed E-state index contributed by atoms with van der Waals surface area (Å²) in [6.07, 6.45) is 1.48. The Balaban J connectivity index is 1.63. The van der Waals surface area contributed by atoms with Gasteiger partial charge in [-0.1, -0.05) is 66.4 Å². The van der Waals surface area contributed by atoms with Gasteiger partial charge in [-0.05, 0) is 24.6 Å². The molecule has 0 saturated carbocycles. The van der Waals surface area contributed by atoms with Crippen LogP contribution in [0.1, 0.15) is 22.9 Å². The third-order valence-corrected chi connectivity index (χ3v) is 6.35. The number of nitrogens with zero attached hydrogens (tertiary/aromatic N) is 2. The molecule has 10 heteroatoms. The van der Waals surface area contributed by atoms with Gasteiger partial charge in [0, 0.05) is 23.3 Å². The molecule has 0 spiro atoms. The van der Waals surface area contributed by atoms with E-state index in [1.54, 1.807) is 61.5 Å². The number of hydrogen-bond acceptors (Lipinski definition) is 7. The summed E-state index contributed by atoms with van der Waals surface area (Å²) in [6, 6.07) is 15.2. The molecule has 2 aromatic carbocycles. The maximum absolute atomic E-state index is 13.0. The molecule has 1 fully saturated rings. The summed E-state index contributed by atoms with van der Waals surface area (Å²) in [5, 5.41) is 21.0. The van der Waals surface area contributed by atoms with Crippen molar-refractivity contribution >= 4 is 51.9 Å². The Morgan fingerprint density at radius 1 is 1.21 bits per heavy atom. The van der Waals surface area contributed by atoms with Gasteiger partial charge in [0.1, 0.15) is 15.8 Å². The molecule has 1 aliphatic heterocycles. The fourth-order valence-electron chi connectivity index (χ4n) is 3.41. The fourth-order valence-corrected chi connectivity index (χ4v) is 4.71. The highest BCUT2D eigenvalue weighted by molar-refractivity contribution is 8.26. The van der Waals surface area contributed by atoms with Crippen molar-refractivity contribution in [3.8, 4) is 11.3 Å². The zero-order valence-electron chi connectivity index (χ0n) is 17.1. The molecule has 166 valence electrons. The van der Waals surface area contributed by atoms with Crippen molar-refractivity contribution in [2.75, 3.05) is 0 Å². The average molecular weight is 481 g/mol. The van der Waals surface area contributed by atoms with Gasteiger partial charge in [0.05, 0.1) is 9.83 Å². The highest BCUT2D eigenvalue weighted by Gasteiger charge is 2.41. The standard InChI is InChI=1S/C23H16N2O6S2/c1-13-7-8-15(11-17(13)25(29)30)18-10-9-16(31-18)12-19-21(26)24(23(32)33-19)20(22(27)28)14-5-3-2-4-6-14/h2-12,20H,1H3,(H,27,28)/b19-12-. The van der Waals surface area contributed by atoms with Gasteiger partial charge in [-0.25, -0.2) is 4.79 Å². The van der Waals surface area contributed by atoms with E-state index in [2.05, 4.69) is 0 Å². The predicted octanol–water partition coefficient (Wildman–Crippen LogP) is 5.19. The van der Waals surface area contributed by atoms with Gasteiger partial charge in [0.15, 0.2) is 6.04 Å². The number of aryl methyl sites for hydroxylation is 1. The number of furan rings is 1. The van der Waals surface area contributed by atoms with Crippen LogP contribution in [-0.4, -0.2) is 31.1 Å². The average Bonchev–Trinajstić information content (AvgIpc) is 3.35. The minimum atomic E-state index is -1.25. The van der Waals surface area contributed by atoms with Gasteiger partial charge in [0.2, 0.25) is 0 Å². The second kappa shape index (κ2) is 9.00. The number of thiocarbonyl (C=S) groups is 1. The molecule has 1 saturated heterocycles. The monoisotopic (exact) mass is 480 g/mol. The van der Waals surface area contributed by atoms with E-state index in [0.29, 0.717) is 28.2 Å². The summed E-state index contributed by atoms with van der Waals surface area (Å²) in [7, 11) is 0. The fraction of sp³-hybridized carbons (Fsp3) is 0.0870. The Bertz CT molecular complexity index is 1320. The first-order chi connectivity index (χ1) is 15.8. The number of hydrogen-bond donors (Lipinski definition) is 1. The van der Waals surface area contributed by atoms with E-state index in [9.17, 15) is 24.8 Å². The SMILES string of the molecule is Cc1ccc(-c2ccc(/C=C3\SC(=S)N(C(C(=O)O)c4ccccc4)C3=O)o2)cc1[N+](=O)[O-]. The van der Waals surface area contributed by atoms with E-state index in [4.69, 9.17) is 16.6 Å². The molecule has 0 bridgehead atoms. The predicted molar refractivity (Wildman–Crippen MR) is 127 cm³/mol. The summed E-state index contributed by atoms with van der Waals surface area (Å²) in [5.41, 5.74) is 1.47. The van der Waals surface area contributed by atoms with E-state index >= 15 is 0 Å². The van der Waals surface area contributed by atoms with Crippen LogP contribution in [0.25, 0.3) is 17.4 Å². The Kier molecular flexibility index (Phi) is 6.12. The van der Waals surface area contributed by atoms with E-state index in [1.807, 2.05) is 0 Å². The van der Waals surface area contributed by atoms with Crippen LogP contribution in [0.4, 0.5) is 5.69 Å². The Morgan fingerprint density at radius 2 is 1.94 bits per heavy atom. The highest BCUT2D eigenvalue weighted by atomic mass is 32.2. The van der Waals surface area contributed by atoms with E-state index in [-0.39, 0.29) is 14.9 Å². The summed E-state index contributed by atoms with van der Waals surface area (Å²) in [5.74, 6) is -1.00. The van der Waals surface area contributed by atoms with Crippen molar-refractivity contribution in [3.63, 3.8) is 0 Å². The van der Waals surface area contributed by atoms with E-state index in [1.165, 1.54) is 12.1 Å². The molecule has 3 aromatic rings. The summed E-state index contributed by atoms with van der Waals surface area (Å²) < 4.78 is 5.90. The third kappa shape index (κ3) is 4.43. The molecule has 1 aromatic heterocycles. The first-order valence-corrected chi connectivity index (χ1v) is 10.9. The third-order valence-electron chi connectivity index (χ3n) is 5.02. The van der Waals surface area contributed by atoms with Crippen LogP contribution in [0.15, 0.2) is 70.0 Å². The van der Waals surface area contributed by atoms with Crippen molar-refractivity contribution in [1.82, 2.24) is 4.90 Å². The smallest absolute Gasteiger partial charge is 0.331 e. The second-order valence-electron chi connectivity index (χ2n) is 7.16. The zero-order chi connectivity index (χ0) is 23.7. The molecular weight excluding hydrogens is 464 g/mol. The first kappa shape index (κ1) is 22.4. The molecule has 1 atom stereocenters. The highest BCUT2D eigenvalue weighted by Crippen LogP contribution is 2.39. The molecule has 1 unspecified atom stereocenters. The Morgan fingerprint density at radius 3 is 2.61 bits per heavy atom. The summed E-state index contributed by atoms with van der Waals surface area (Å²) in [6.45, 7) is 1.65. The number of nitro benzene ring substituents is 1. The number of thioether (sulfide) groups is 1. The largest absolute Gasteiger partial charge is 0.479 e. The number of aliphatic carboxylic acids is 1. The molecule has 2 heterocycles. The Hall–Kier alpha value is -3.76. The van der Waals surface area contributed by atoms with Gasteiger partial charge in [-0.3, -0.25) is 19.8 Å². The number of rotatable bonds is 6. The van der Waals surface area contributed by atoms with Crippen molar-refractivity contribution in [2.24, 2.45) is 0 Å². The zero-order valence-corrected chi connectivity index (χ0v) is 18.8. The topological polar surface area (TPSA) is 114 Å². The van der Waals surface area contributed by atoms with Crippen molar-refractivity contribution < 1.29 is 24.0 Å². The van der Waals surface area contributed by atoms with Crippen LogP contribution in [0.3, 0.4) is 0 Å². The molecule has 33 heavy (non-hydrogen) atoms. The van der Waals surface area contributed by atoms with Crippen molar-refractivity contribution in [1.29, 1.82) is 0 Å². The van der Waals surface area contributed by atoms with Gasteiger partial charge in [-0.15, -0.1) is 0 Å². The summed E-state index contributed by atoms with van der Waals surface area (Å²) in [4.78, 5) is 37.0. The van der Waals surface area contributed by atoms with Gasteiger partial charge < -0.3 is 9.52 Å². The molecular formula is C23H16N2O6S2. The van der Waals surface area contributed by atoms with Gasteiger partial charge in [-0.2, -0.15) is 0 Å². The summed E-state index contributed by atoms with van der Waals surface area (Å²) >= 11 is 6.30. The number of amides is 1. The lowest BCUT2D eigenvalue weighted by Gasteiger charge is -2.23. The molecule has 4 rings (SSSR count). The maximum Gasteiger partial charge on any atom is 0.331 e. The lowest BCUT2D eigenvalue weighted by Crippen LogP contribution is -2.37. The quantitative estimate of drug-likeness (QED) is 0.222. The van der Waals surface area contributed by atoms with E-state index < -0.39 is 22.8 Å². The van der Waals surface area contributed by atoms with Crippen molar-refractivity contribution in [3.05, 3.63) is 92.6 Å². The molecule has 1 N–H and O–H groups in total. The van der Waals surface area contributed by atoms with Crippen molar-refractivity contribution in [2.45, 2.75) is 13.0 Å². The van der Waals surface area contributed by atoms with Crippen LogP contribution in [0, 0.1) is 17.0 Å². The molecule has 1 amide bonds.